The van der Waals surface area contributed by atoms with Gasteiger partial charge in [0.25, 0.3) is 5.91 Å². The van der Waals surface area contributed by atoms with E-state index in [0.29, 0.717) is 17.8 Å². The van der Waals surface area contributed by atoms with E-state index in [0.717, 1.165) is 17.5 Å². The lowest BCUT2D eigenvalue weighted by atomic mass is 9.83. The van der Waals surface area contributed by atoms with Crippen molar-refractivity contribution in [3.63, 3.8) is 0 Å². The first-order valence-electron chi connectivity index (χ1n) is 9.69. The summed E-state index contributed by atoms with van der Waals surface area (Å²) in [5.41, 5.74) is 8.09. The lowest BCUT2D eigenvalue weighted by Gasteiger charge is -2.31. The molecule has 4 N–H and O–H groups in total. The molecule has 0 aromatic heterocycles. The van der Waals surface area contributed by atoms with Crippen LogP contribution in [-0.4, -0.2) is 34.5 Å². The van der Waals surface area contributed by atoms with Gasteiger partial charge < -0.3 is 11.1 Å². The number of hydrogen-bond acceptors (Lipinski definition) is 6. The van der Waals surface area contributed by atoms with Crippen molar-refractivity contribution in [1.82, 2.24) is 10.3 Å². The van der Waals surface area contributed by atoms with E-state index in [1.54, 1.807) is 5.01 Å². The zero-order valence-electron chi connectivity index (χ0n) is 16.5. The molecule has 8 nitrogen and oxygen atoms in total. The molecule has 1 aromatic rings. The Kier molecular flexibility index (Phi) is 4.70. The number of anilines is 1. The molecule has 2 atom stereocenters. The molecule has 0 fully saturated rings. The number of benzene rings is 1. The van der Waals surface area contributed by atoms with Crippen molar-refractivity contribution >= 4 is 29.2 Å². The molecule has 0 radical (unpaired) electrons. The van der Waals surface area contributed by atoms with Crippen LogP contribution in [0.25, 0.3) is 0 Å². The van der Waals surface area contributed by atoms with E-state index in [1.807, 2.05) is 56.5 Å². The summed E-state index contributed by atoms with van der Waals surface area (Å²) in [5.74, 6) is -0.293. The van der Waals surface area contributed by atoms with Crippen LogP contribution >= 0.6 is 0 Å². The van der Waals surface area contributed by atoms with Crippen molar-refractivity contribution in [3.8, 4) is 0 Å². The lowest BCUT2D eigenvalue weighted by Crippen LogP contribution is -2.46. The van der Waals surface area contributed by atoms with Gasteiger partial charge in [-0.2, -0.15) is 5.10 Å². The van der Waals surface area contributed by atoms with Crippen LogP contribution in [0.2, 0.25) is 0 Å². The van der Waals surface area contributed by atoms with Gasteiger partial charge in [-0.15, -0.1) is 0 Å². The van der Waals surface area contributed by atoms with Crippen molar-refractivity contribution in [2.24, 2.45) is 15.8 Å². The SMILES string of the molecule is CCc1ccc(NC(=O)C2=NN3C=CC=CC3C2)cc1C1(C)CC(=O)NC(N)=N1. The second-order valence-corrected chi connectivity index (χ2v) is 7.60. The van der Waals surface area contributed by atoms with Gasteiger partial charge >= 0.3 is 0 Å². The van der Waals surface area contributed by atoms with Crippen LogP contribution in [0, 0.1) is 0 Å². The Balaban J connectivity index is 1.60. The van der Waals surface area contributed by atoms with Gasteiger partial charge in [0.15, 0.2) is 5.96 Å². The summed E-state index contributed by atoms with van der Waals surface area (Å²) in [6.07, 6.45) is 9.26. The van der Waals surface area contributed by atoms with E-state index in [9.17, 15) is 9.59 Å². The quantitative estimate of drug-likeness (QED) is 0.725. The first-order chi connectivity index (χ1) is 13.9. The zero-order valence-corrected chi connectivity index (χ0v) is 16.5. The fourth-order valence-corrected chi connectivity index (χ4v) is 3.97. The van der Waals surface area contributed by atoms with Gasteiger partial charge in [-0.25, -0.2) is 4.99 Å². The smallest absolute Gasteiger partial charge is 0.271 e. The number of guanidine groups is 1. The van der Waals surface area contributed by atoms with Crippen LogP contribution in [0.3, 0.4) is 0 Å². The number of carbonyl (C=O) groups excluding carboxylic acids is 2. The Labute approximate surface area is 169 Å². The summed E-state index contributed by atoms with van der Waals surface area (Å²) >= 11 is 0. The summed E-state index contributed by atoms with van der Waals surface area (Å²) in [5, 5.41) is 11.7. The number of amides is 2. The lowest BCUT2D eigenvalue weighted by molar-refractivity contribution is -0.121. The van der Waals surface area contributed by atoms with E-state index >= 15 is 0 Å². The minimum absolute atomic E-state index is 0.0933. The maximum Gasteiger partial charge on any atom is 0.271 e. The number of nitrogens with zero attached hydrogens (tertiary/aromatic N) is 3. The predicted octanol–water partition coefficient (Wildman–Crippen LogP) is 1.75. The highest BCUT2D eigenvalue weighted by Crippen LogP contribution is 2.35. The molecular weight excluding hydrogens is 368 g/mol. The van der Waals surface area contributed by atoms with Gasteiger partial charge in [0.2, 0.25) is 5.91 Å². The van der Waals surface area contributed by atoms with E-state index in [1.165, 1.54) is 0 Å². The highest BCUT2D eigenvalue weighted by atomic mass is 16.2. The van der Waals surface area contributed by atoms with Gasteiger partial charge in [-0.1, -0.05) is 25.1 Å². The molecule has 0 saturated carbocycles. The molecule has 29 heavy (non-hydrogen) atoms. The number of carbonyl (C=O) groups is 2. The van der Waals surface area contributed by atoms with Crippen molar-refractivity contribution < 1.29 is 9.59 Å². The highest BCUT2D eigenvalue weighted by molar-refractivity contribution is 6.43. The first kappa shape index (κ1) is 18.9. The fourth-order valence-electron chi connectivity index (χ4n) is 3.97. The average molecular weight is 392 g/mol. The van der Waals surface area contributed by atoms with Crippen molar-refractivity contribution in [1.29, 1.82) is 0 Å². The molecule has 0 bridgehead atoms. The summed E-state index contributed by atoms with van der Waals surface area (Å²) < 4.78 is 0. The van der Waals surface area contributed by atoms with Crippen molar-refractivity contribution in [2.75, 3.05) is 5.32 Å². The van der Waals surface area contributed by atoms with Crippen molar-refractivity contribution in [2.45, 2.75) is 44.7 Å². The number of hydrazone groups is 1. The third-order valence-electron chi connectivity index (χ3n) is 5.39. The summed E-state index contributed by atoms with van der Waals surface area (Å²) in [6.45, 7) is 3.93. The maximum atomic E-state index is 12.8. The monoisotopic (exact) mass is 392 g/mol. The largest absolute Gasteiger partial charge is 0.370 e. The van der Waals surface area contributed by atoms with Crippen LogP contribution in [-0.2, 0) is 21.5 Å². The Morgan fingerprint density at radius 2 is 2.24 bits per heavy atom. The van der Waals surface area contributed by atoms with E-state index < -0.39 is 5.54 Å². The highest BCUT2D eigenvalue weighted by Gasteiger charge is 2.35. The molecule has 150 valence electrons. The van der Waals surface area contributed by atoms with Gasteiger partial charge in [0, 0.05) is 18.3 Å². The molecule has 8 heteroatoms. The fraction of sp³-hybridized carbons (Fsp3) is 0.333. The molecule has 3 aliphatic rings. The summed E-state index contributed by atoms with van der Waals surface area (Å²) in [6, 6.07) is 5.80. The predicted molar refractivity (Wildman–Crippen MR) is 112 cm³/mol. The van der Waals surface area contributed by atoms with Crippen LogP contribution in [0.15, 0.2) is 52.7 Å². The van der Waals surface area contributed by atoms with Gasteiger partial charge in [0.05, 0.1) is 18.0 Å². The molecule has 1 aromatic carbocycles. The average Bonchev–Trinajstić information content (AvgIpc) is 3.11. The standard InChI is InChI=1S/C21H24N6O2/c1-3-13-7-8-14(10-16(13)21(2)12-18(28)24-20(22)25-21)23-19(29)17-11-15-6-4-5-9-27(15)26-17/h4-10,15H,3,11-12H2,1-2H3,(H,23,29)(H3,22,24,25,28). The summed E-state index contributed by atoms with van der Waals surface area (Å²) in [4.78, 5) is 29.3. The minimum atomic E-state index is -0.778. The number of hydrogen-bond donors (Lipinski definition) is 3. The van der Waals surface area contributed by atoms with Gasteiger partial charge in [-0.3, -0.25) is 19.9 Å². The molecule has 3 aliphatic heterocycles. The second kappa shape index (κ2) is 7.20. The number of nitrogens with one attached hydrogen (secondary N) is 2. The molecule has 0 aliphatic carbocycles. The molecule has 0 saturated heterocycles. The minimum Gasteiger partial charge on any atom is -0.370 e. The summed E-state index contributed by atoms with van der Waals surface area (Å²) in [7, 11) is 0. The van der Waals surface area contributed by atoms with Crippen LogP contribution in [0.4, 0.5) is 5.69 Å². The Hall–Kier alpha value is -3.42. The molecule has 4 rings (SSSR count). The van der Waals surface area contributed by atoms with Gasteiger partial charge in [-0.05, 0) is 42.7 Å². The molecule has 3 heterocycles. The second-order valence-electron chi connectivity index (χ2n) is 7.60. The normalized spacial score (nSPS) is 25.2. The number of nitrogens with two attached hydrogens (primary N) is 1. The number of allylic oxidation sites excluding steroid dienone is 2. The van der Waals surface area contributed by atoms with Crippen molar-refractivity contribution in [3.05, 3.63) is 53.8 Å². The molecule has 2 unspecified atom stereocenters. The Morgan fingerprint density at radius 1 is 1.41 bits per heavy atom. The van der Waals surface area contributed by atoms with E-state index in [-0.39, 0.29) is 30.2 Å². The number of aryl methyl sites for hydroxylation is 1. The third-order valence-corrected chi connectivity index (χ3v) is 5.39. The first-order valence-corrected chi connectivity index (χ1v) is 9.69. The van der Waals surface area contributed by atoms with Crippen LogP contribution in [0.5, 0.6) is 0 Å². The van der Waals surface area contributed by atoms with Crippen LogP contribution in [0.1, 0.15) is 37.8 Å². The zero-order chi connectivity index (χ0) is 20.6. The number of aliphatic imine (C=N–C) groups is 1. The van der Waals surface area contributed by atoms with Crippen LogP contribution < -0.4 is 16.4 Å². The Morgan fingerprint density at radius 3 is 2.97 bits per heavy atom. The number of fused-ring (bicyclic) bond motifs is 1. The topological polar surface area (TPSA) is 112 Å². The maximum absolute atomic E-state index is 12.8. The van der Waals surface area contributed by atoms with Gasteiger partial charge in [0.1, 0.15) is 5.71 Å². The Bertz CT molecular complexity index is 993. The third kappa shape index (κ3) is 3.65. The molecule has 2 amide bonds. The number of rotatable bonds is 4. The van der Waals surface area contributed by atoms with E-state index in [2.05, 4.69) is 20.7 Å². The molecule has 0 spiro atoms. The molecular formula is C21H24N6O2. The van der Waals surface area contributed by atoms with E-state index in [4.69, 9.17) is 5.73 Å².